The van der Waals surface area contributed by atoms with Gasteiger partial charge in [0.2, 0.25) is 0 Å². The van der Waals surface area contributed by atoms with Gasteiger partial charge in [0.25, 0.3) is 0 Å². The van der Waals surface area contributed by atoms with Gasteiger partial charge in [-0.25, -0.2) is 0 Å². The first kappa shape index (κ1) is 20.9. The molecule has 4 rings (SSSR count). The van der Waals surface area contributed by atoms with E-state index < -0.39 is 5.51 Å². The van der Waals surface area contributed by atoms with E-state index in [-0.39, 0.29) is 17.7 Å². The SMILES string of the molecule is Cc1cc2cc(O)ccc2c(Oc2ccc(NSC(F)(F)F)cc2)c1-c1ccccc1. The summed E-state index contributed by atoms with van der Waals surface area (Å²) >= 11 is -0.313. The standard InChI is InChI=1S/C24H18F3NO2S/c1-15-13-17-14-19(29)9-12-21(17)23(22(15)16-5-3-2-4-6-16)30-20-10-7-18(8-11-20)28-31-24(25,26)27/h2-14,28-29H,1H3. The summed E-state index contributed by atoms with van der Waals surface area (Å²) in [5.74, 6) is 1.26. The number of halogens is 3. The quantitative estimate of drug-likeness (QED) is 0.309. The van der Waals surface area contributed by atoms with Gasteiger partial charge in [0.15, 0.2) is 0 Å². The minimum absolute atomic E-state index is 0.155. The van der Waals surface area contributed by atoms with Crippen molar-refractivity contribution in [3.63, 3.8) is 0 Å². The third-order valence-corrected chi connectivity index (χ3v) is 5.26. The molecule has 0 aliphatic rings. The molecular formula is C24H18F3NO2S. The fourth-order valence-corrected chi connectivity index (χ4v) is 3.76. The molecule has 4 aromatic carbocycles. The Balaban J connectivity index is 1.75. The minimum atomic E-state index is -4.37. The van der Waals surface area contributed by atoms with Gasteiger partial charge in [-0.1, -0.05) is 36.4 Å². The number of benzene rings is 4. The molecule has 0 aliphatic heterocycles. The third-order valence-electron chi connectivity index (χ3n) is 4.69. The second kappa shape index (κ2) is 8.43. The molecule has 2 N–H and O–H groups in total. The fourth-order valence-electron chi connectivity index (χ4n) is 3.39. The van der Waals surface area contributed by atoms with Crippen molar-refractivity contribution in [1.29, 1.82) is 0 Å². The van der Waals surface area contributed by atoms with Crippen LogP contribution >= 0.6 is 11.9 Å². The van der Waals surface area contributed by atoms with Crippen LogP contribution in [0.25, 0.3) is 21.9 Å². The van der Waals surface area contributed by atoms with E-state index in [4.69, 9.17) is 4.74 Å². The fraction of sp³-hybridized carbons (Fsp3) is 0.0833. The lowest BCUT2D eigenvalue weighted by Gasteiger charge is -2.18. The highest BCUT2D eigenvalue weighted by Gasteiger charge is 2.28. The second-order valence-electron chi connectivity index (χ2n) is 6.95. The van der Waals surface area contributed by atoms with Gasteiger partial charge >= 0.3 is 5.51 Å². The van der Waals surface area contributed by atoms with E-state index in [0.29, 0.717) is 17.2 Å². The number of phenolic OH excluding ortho intramolecular Hbond substituents is 1. The Kier molecular flexibility index (Phi) is 5.69. The van der Waals surface area contributed by atoms with Crippen LogP contribution in [0, 0.1) is 6.92 Å². The van der Waals surface area contributed by atoms with E-state index in [1.807, 2.05) is 43.3 Å². The van der Waals surface area contributed by atoms with Gasteiger partial charge in [0, 0.05) is 16.6 Å². The smallest absolute Gasteiger partial charge is 0.461 e. The number of aryl methyl sites for hydroxylation is 1. The topological polar surface area (TPSA) is 41.5 Å². The van der Waals surface area contributed by atoms with Crippen molar-refractivity contribution in [2.45, 2.75) is 12.4 Å². The van der Waals surface area contributed by atoms with E-state index in [1.165, 1.54) is 12.1 Å². The Morgan fingerprint density at radius 2 is 1.61 bits per heavy atom. The Labute approximate surface area is 181 Å². The van der Waals surface area contributed by atoms with Gasteiger partial charge in [0.1, 0.15) is 17.2 Å². The Bertz CT molecular complexity index is 1210. The molecule has 3 nitrogen and oxygen atoms in total. The Morgan fingerprint density at radius 3 is 2.29 bits per heavy atom. The lowest BCUT2D eigenvalue weighted by molar-refractivity contribution is -0.0323. The van der Waals surface area contributed by atoms with Crippen molar-refractivity contribution >= 4 is 28.4 Å². The summed E-state index contributed by atoms with van der Waals surface area (Å²) in [4.78, 5) is 0. The van der Waals surface area contributed by atoms with Crippen molar-refractivity contribution in [3.8, 4) is 28.4 Å². The highest BCUT2D eigenvalue weighted by Crippen LogP contribution is 2.43. The van der Waals surface area contributed by atoms with E-state index in [2.05, 4.69) is 4.72 Å². The van der Waals surface area contributed by atoms with Crippen molar-refractivity contribution < 1.29 is 23.0 Å². The lowest BCUT2D eigenvalue weighted by Crippen LogP contribution is -2.04. The largest absolute Gasteiger partial charge is 0.508 e. The minimum Gasteiger partial charge on any atom is -0.508 e. The molecule has 0 heterocycles. The molecule has 0 saturated heterocycles. The molecule has 0 bridgehead atoms. The van der Waals surface area contributed by atoms with Gasteiger partial charge in [-0.3, -0.25) is 0 Å². The number of aromatic hydroxyl groups is 1. The van der Waals surface area contributed by atoms with E-state index in [1.54, 1.807) is 30.3 Å². The number of fused-ring (bicyclic) bond motifs is 1. The number of hydrogen-bond acceptors (Lipinski definition) is 4. The summed E-state index contributed by atoms with van der Waals surface area (Å²) in [6.07, 6.45) is 0. The highest BCUT2D eigenvalue weighted by molar-refractivity contribution is 8.01. The molecule has 4 aromatic rings. The normalized spacial score (nSPS) is 11.5. The van der Waals surface area contributed by atoms with Crippen molar-refractivity contribution in [1.82, 2.24) is 0 Å². The number of phenols is 1. The van der Waals surface area contributed by atoms with E-state index in [9.17, 15) is 18.3 Å². The molecule has 0 unspecified atom stereocenters. The van der Waals surface area contributed by atoms with Crippen LogP contribution in [0.3, 0.4) is 0 Å². The molecular weight excluding hydrogens is 423 g/mol. The number of nitrogens with one attached hydrogen (secondary N) is 1. The van der Waals surface area contributed by atoms with Crippen LogP contribution in [-0.2, 0) is 0 Å². The highest BCUT2D eigenvalue weighted by atomic mass is 32.2. The van der Waals surface area contributed by atoms with Crippen LogP contribution in [0.5, 0.6) is 17.2 Å². The zero-order valence-corrected chi connectivity index (χ0v) is 17.2. The summed E-state index contributed by atoms with van der Waals surface area (Å²) < 4.78 is 45.7. The van der Waals surface area contributed by atoms with Crippen LogP contribution in [0.4, 0.5) is 18.9 Å². The second-order valence-corrected chi connectivity index (χ2v) is 7.82. The summed E-state index contributed by atoms with van der Waals surface area (Å²) in [5.41, 5.74) is -1.19. The predicted octanol–water partition coefficient (Wildman–Crippen LogP) is 7.89. The summed E-state index contributed by atoms with van der Waals surface area (Å²) in [6, 6.07) is 23.1. The van der Waals surface area contributed by atoms with Crippen LogP contribution < -0.4 is 9.46 Å². The summed E-state index contributed by atoms with van der Waals surface area (Å²) in [7, 11) is 0. The molecule has 7 heteroatoms. The number of rotatable bonds is 5. The zero-order chi connectivity index (χ0) is 22.0. The summed E-state index contributed by atoms with van der Waals surface area (Å²) in [5, 5.41) is 11.5. The molecule has 0 radical (unpaired) electrons. The molecule has 0 amide bonds. The van der Waals surface area contributed by atoms with Gasteiger partial charge in [-0.15, -0.1) is 0 Å². The van der Waals surface area contributed by atoms with Gasteiger partial charge in [-0.05, 0) is 65.9 Å². The van der Waals surface area contributed by atoms with Crippen molar-refractivity contribution in [2.24, 2.45) is 0 Å². The first-order valence-electron chi connectivity index (χ1n) is 9.40. The molecule has 0 aromatic heterocycles. The monoisotopic (exact) mass is 441 g/mol. The van der Waals surface area contributed by atoms with Crippen LogP contribution in [0.2, 0.25) is 0 Å². The maximum Gasteiger partial charge on any atom is 0.461 e. The lowest BCUT2D eigenvalue weighted by atomic mass is 9.94. The molecule has 0 atom stereocenters. The maximum absolute atomic E-state index is 12.4. The van der Waals surface area contributed by atoms with Gasteiger partial charge < -0.3 is 14.6 Å². The van der Waals surface area contributed by atoms with E-state index >= 15 is 0 Å². The maximum atomic E-state index is 12.4. The number of alkyl halides is 3. The molecule has 0 fully saturated rings. The molecule has 31 heavy (non-hydrogen) atoms. The Morgan fingerprint density at radius 1 is 0.903 bits per heavy atom. The average molecular weight is 441 g/mol. The molecule has 0 saturated carbocycles. The molecule has 0 spiro atoms. The average Bonchev–Trinajstić information content (AvgIpc) is 2.73. The molecule has 0 aliphatic carbocycles. The predicted molar refractivity (Wildman–Crippen MR) is 120 cm³/mol. The first-order valence-corrected chi connectivity index (χ1v) is 10.2. The number of hydrogen-bond donors (Lipinski definition) is 2. The molecule has 158 valence electrons. The number of ether oxygens (including phenoxy) is 1. The van der Waals surface area contributed by atoms with Gasteiger partial charge in [0.05, 0.1) is 11.9 Å². The van der Waals surface area contributed by atoms with Gasteiger partial charge in [-0.2, -0.15) is 13.2 Å². The zero-order valence-electron chi connectivity index (χ0n) is 16.4. The third kappa shape index (κ3) is 4.88. The summed E-state index contributed by atoms with van der Waals surface area (Å²) in [6.45, 7) is 1.97. The first-order chi connectivity index (χ1) is 14.8. The van der Waals surface area contributed by atoms with Crippen LogP contribution in [0.1, 0.15) is 5.56 Å². The van der Waals surface area contributed by atoms with Crippen LogP contribution in [-0.4, -0.2) is 10.6 Å². The number of anilines is 1. The van der Waals surface area contributed by atoms with Crippen LogP contribution in [0.15, 0.2) is 78.9 Å². The van der Waals surface area contributed by atoms with Crippen molar-refractivity contribution in [3.05, 3.63) is 84.4 Å². The van der Waals surface area contributed by atoms with E-state index in [0.717, 1.165) is 27.5 Å². The van der Waals surface area contributed by atoms with Crippen molar-refractivity contribution in [2.75, 3.05) is 4.72 Å². The Hall–Kier alpha value is -3.32.